The van der Waals surface area contributed by atoms with Crippen LogP contribution in [-0.2, 0) is 17.9 Å². The summed E-state index contributed by atoms with van der Waals surface area (Å²) < 4.78 is 15.3. The summed E-state index contributed by atoms with van der Waals surface area (Å²) in [6.07, 6.45) is 7.09. The van der Waals surface area contributed by atoms with E-state index in [9.17, 15) is 14.0 Å². The molecule has 1 spiro atoms. The number of halogens is 1. The van der Waals surface area contributed by atoms with E-state index in [0.29, 0.717) is 24.1 Å². The van der Waals surface area contributed by atoms with Gasteiger partial charge in [0.25, 0.3) is 5.91 Å². The topological polar surface area (TPSA) is 80.1 Å². The van der Waals surface area contributed by atoms with Gasteiger partial charge in [-0.25, -0.2) is 13.9 Å². The van der Waals surface area contributed by atoms with Crippen LogP contribution in [-0.4, -0.2) is 37.4 Å². The number of imide groups is 1. The first-order valence-electron chi connectivity index (χ1n) is 9.34. The Kier molecular flexibility index (Phi) is 4.63. The normalized spacial score (nSPS) is 19.4. The van der Waals surface area contributed by atoms with Crippen molar-refractivity contribution in [3.05, 3.63) is 47.5 Å². The lowest BCUT2D eigenvalue weighted by Crippen LogP contribution is -2.46. The van der Waals surface area contributed by atoms with Gasteiger partial charge in [-0.1, -0.05) is 49.1 Å². The van der Waals surface area contributed by atoms with E-state index in [1.807, 2.05) is 0 Å². The molecule has 2 aliphatic rings. The molecule has 142 valence electrons. The molecule has 1 aromatic heterocycles. The molecule has 1 aliphatic heterocycles. The largest absolute Gasteiger partial charge is 0.325 e. The van der Waals surface area contributed by atoms with E-state index >= 15 is 0 Å². The average molecular weight is 371 g/mol. The molecule has 0 unspecified atom stereocenters. The van der Waals surface area contributed by atoms with Gasteiger partial charge in [0.05, 0.1) is 19.3 Å². The highest BCUT2D eigenvalue weighted by atomic mass is 19.1. The molecule has 1 aromatic carbocycles. The Labute approximate surface area is 156 Å². The lowest BCUT2D eigenvalue weighted by atomic mass is 9.90. The van der Waals surface area contributed by atoms with Crippen molar-refractivity contribution >= 4 is 11.9 Å². The molecule has 2 heterocycles. The third kappa shape index (κ3) is 3.43. The van der Waals surface area contributed by atoms with Crippen LogP contribution in [0.2, 0.25) is 0 Å². The first-order chi connectivity index (χ1) is 13.1. The predicted molar refractivity (Wildman–Crippen MR) is 95.0 cm³/mol. The Hall–Kier alpha value is -2.77. The monoisotopic (exact) mass is 371 g/mol. The number of carbonyl (C=O) groups is 2. The van der Waals surface area contributed by atoms with E-state index in [-0.39, 0.29) is 30.8 Å². The molecule has 1 N–H and O–H groups in total. The zero-order chi connectivity index (χ0) is 18.9. The number of aromatic nitrogens is 3. The third-order valence-electron chi connectivity index (χ3n) is 5.40. The highest BCUT2D eigenvalue weighted by Crippen LogP contribution is 2.33. The molecule has 2 aromatic rings. The molecule has 1 saturated heterocycles. The summed E-state index contributed by atoms with van der Waals surface area (Å²) in [5, 5.41) is 11.0. The number of nitrogens with zero attached hydrogens (tertiary/aromatic N) is 4. The van der Waals surface area contributed by atoms with Crippen LogP contribution in [0, 0.1) is 5.82 Å². The van der Waals surface area contributed by atoms with Crippen LogP contribution in [0.15, 0.2) is 30.5 Å². The lowest BCUT2D eigenvalue weighted by molar-refractivity contribution is -0.132. The van der Waals surface area contributed by atoms with Crippen LogP contribution in [0.4, 0.5) is 9.18 Å². The number of nitrogens with one attached hydrogen (secondary N) is 1. The molecule has 27 heavy (non-hydrogen) atoms. The average Bonchev–Trinajstić information content (AvgIpc) is 3.07. The number of carbonyl (C=O) groups excluding carboxylic acids is 2. The molecule has 2 fully saturated rings. The van der Waals surface area contributed by atoms with Gasteiger partial charge in [-0.3, -0.25) is 9.69 Å². The Morgan fingerprint density at radius 1 is 1.07 bits per heavy atom. The van der Waals surface area contributed by atoms with Crippen LogP contribution in [0.3, 0.4) is 0 Å². The van der Waals surface area contributed by atoms with E-state index < -0.39 is 5.54 Å². The number of amides is 3. The number of hydrogen-bond donors (Lipinski definition) is 1. The van der Waals surface area contributed by atoms with E-state index in [4.69, 9.17) is 0 Å². The van der Waals surface area contributed by atoms with Gasteiger partial charge in [0.15, 0.2) is 0 Å². The van der Waals surface area contributed by atoms with Crippen LogP contribution in [0.1, 0.15) is 49.8 Å². The van der Waals surface area contributed by atoms with Crippen molar-refractivity contribution in [2.24, 2.45) is 0 Å². The molecule has 0 bridgehead atoms. The van der Waals surface area contributed by atoms with Crippen molar-refractivity contribution in [2.75, 3.05) is 0 Å². The van der Waals surface area contributed by atoms with E-state index in [0.717, 1.165) is 25.7 Å². The highest BCUT2D eigenvalue weighted by molar-refractivity contribution is 6.06. The first-order valence-corrected chi connectivity index (χ1v) is 9.34. The smallest absolute Gasteiger partial charge is 0.323 e. The number of urea groups is 1. The quantitative estimate of drug-likeness (QED) is 0.838. The summed E-state index contributed by atoms with van der Waals surface area (Å²) >= 11 is 0. The summed E-state index contributed by atoms with van der Waals surface area (Å²) in [6.45, 7) is 0.313. The van der Waals surface area contributed by atoms with E-state index in [1.165, 1.54) is 15.6 Å². The molecule has 1 aliphatic carbocycles. The van der Waals surface area contributed by atoms with Gasteiger partial charge in [-0.15, -0.1) is 5.10 Å². The zero-order valence-corrected chi connectivity index (χ0v) is 15.0. The fourth-order valence-corrected chi connectivity index (χ4v) is 3.94. The second-order valence-corrected chi connectivity index (χ2v) is 7.32. The van der Waals surface area contributed by atoms with E-state index in [1.54, 1.807) is 24.4 Å². The summed E-state index contributed by atoms with van der Waals surface area (Å²) in [5.74, 6) is -0.475. The molecule has 7 nitrogen and oxygen atoms in total. The van der Waals surface area contributed by atoms with Gasteiger partial charge in [0, 0.05) is 5.56 Å². The molecular weight excluding hydrogens is 349 g/mol. The van der Waals surface area contributed by atoms with Crippen molar-refractivity contribution in [3.63, 3.8) is 0 Å². The highest BCUT2D eigenvalue weighted by Gasteiger charge is 2.50. The molecular formula is C19H22FN5O2. The van der Waals surface area contributed by atoms with Gasteiger partial charge in [-0.2, -0.15) is 0 Å². The maximum absolute atomic E-state index is 13.8. The fraction of sp³-hybridized carbons (Fsp3) is 0.474. The predicted octanol–water partition coefficient (Wildman–Crippen LogP) is 2.61. The molecule has 1 saturated carbocycles. The Bertz CT molecular complexity index is 857. The van der Waals surface area contributed by atoms with Gasteiger partial charge in [-0.05, 0) is 18.9 Å². The minimum atomic E-state index is -0.753. The second kappa shape index (κ2) is 7.09. The van der Waals surface area contributed by atoms with Crippen molar-refractivity contribution in [3.8, 4) is 0 Å². The van der Waals surface area contributed by atoms with Crippen LogP contribution < -0.4 is 5.32 Å². The van der Waals surface area contributed by atoms with Gasteiger partial charge < -0.3 is 5.32 Å². The van der Waals surface area contributed by atoms with Gasteiger partial charge in [0.1, 0.15) is 17.1 Å². The van der Waals surface area contributed by atoms with Gasteiger partial charge >= 0.3 is 6.03 Å². The van der Waals surface area contributed by atoms with Crippen LogP contribution >= 0.6 is 0 Å². The van der Waals surface area contributed by atoms with Crippen LogP contribution in [0.25, 0.3) is 0 Å². The Morgan fingerprint density at radius 3 is 2.56 bits per heavy atom. The third-order valence-corrected chi connectivity index (χ3v) is 5.40. The SMILES string of the molecule is O=C1NC2(CCCCCC2)C(=O)N1Cc1cn(Cc2ccccc2F)nn1. The standard InChI is InChI=1S/C19H22FN5O2/c20-16-8-4-3-7-14(16)11-24-12-15(22-23-24)13-25-17(26)19(21-18(25)27)9-5-1-2-6-10-19/h3-4,7-8,12H,1-2,5-6,9-11,13H2,(H,21,27). The first kappa shape index (κ1) is 17.6. The maximum Gasteiger partial charge on any atom is 0.325 e. The number of benzene rings is 1. The Morgan fingerprint density at radius 2 is 1.81 bits per heavy atom. The summed E-state index contributed by atoms with van der Waals surface area (Å²) in [5.41, 5.74) is 0.248. The van der Waals surface area contributed by atoms with Crippen molar-refractivity contribution in [2.45, 2.75) is 57.2 Å². The molecule has 4 rings (SSSR count). The number of hydrogen-bond acceptors (Lipinski definition) is 4. The summed E-state index contributed by atoms with van der Waals surface area (Å²) in [6, 6.07) is 6.10. The number of rotatable bonds is 4. The fourth-order valence-electron chi connectivity index (χ4n) is 3.94. The summed E-state index contributed by atoms with van der Waals surface area (Å²) in [4.78, 5) is 26.6. The Balaban J connectivity index is 1.46. The molecule has 0 radical (unpaired) electrons. The minimum absolute atomic E-state index is 0.0731. The lowest BCUT2D eigenvalue weighted by Gasteiger charge is -2.24. The second-order valence-electron chi connectivity index (χ2n) is 7.32. The minimum Gasteiger partial charge on any atom is -0.323 e. The van der Waals surface area contributed by atoms with Crippen molar-refractivity contribution in [1.29, 1.82) is 0 Å². The molecule has 0 atom stereocenters. The molecule has 8 heteroatoms. The summed E-state index contributed by atoms with van der Waals surface area (Å²) in [7, 11) is 0. The maximum atomic E-state index is 13.8. The van der Waals surface area contributed by atoms with Crippen molar-refractivity contribution in [1.82, 2.24) is 25.2 Å². The molecule has 3 amide bonds. The van der Waals surface area contributed by atoms with Crippen LogP contribution in [0.5, 0.6) is 0 Å². The van der Waals surface area contributed by atoms with Gasteiger partial charge in [0.2, 0.25) is 0 Å². The zero-order valence-electron chi connectivity index (χ0n) is 15.0. The van der Waals surface area contributed by atoms with E-state index in [2.05, 4.69) is 15.6 Å². The van der Waals surface area contributed by atoms with Crippen molar-refractivity contribution < 1.29 is 14.0 Å².